The minimum atomic E-state index is -0.566. The topological polar surface area (TPSA) is 43.4 Å². The highest BCUT2D eigenvalue weighted by atomic mass is 16.5. The van der Waals surface area contributed by atoms with Crippen LogP contribution in [0.5, 0.6) is 0 Å². The van der Waals surface area contributed by atoms with Crippen molar-refractivity contribution in [3.8, 4) is 0 Å². The van der Waals surface area contributed by atoms with Crippen LogP contribution in [0.15, 0.2) is 30.3 Å². The molecule has 0 aromatic heterocycles. The van der Waals surface area contributed by atoms with Crippen molar-refractivity contribution in [2.45, 2.75) is 44.9 Å². The summed E-state index contributed by atoms with van der Waals surface area (Å²) in [4.78, 5) is 24.9. The van der Waals surface area contributed by atoms with Gasteiger partial charge in [0.05, 0.1) is 12.5 Å². The number of carbonyl (C=O) groups excluding carboxylic acids is 2. The maximum atomic E-state index is 12.6. The number of hydrogen-bond donors (Lipinski definition) is 0. The molecule has 2 aliphatic rings. The molecule has 0 aliphatic heterocycles. The highest BCUT2D eigenvalue weighted by Crippen LogP contribution is 2.57. The van der Waals surface area contributed by atoms with Crippen molar-refractivity contribution in [3.63, 3.8) is 0 Å². The molecule has 0 N–H and O–H groups in total. The van der Waals surface area contributed by atoms with Gasteiger partial charge in [-0.25, -0.2) is 0 Å². The molecular formula is C19H24O3. The van der Waals surface area contributed by atoms with Crippen molar-refractivity contribution in [1.29, 1.82) is 0 Å². The SMILES string of the molecule is COC(=O)C1(C)CC2CC(c3ccccc3)(CC(C)C2=O)C1. The van der Waals surface area contributed by atoms with E-state index in [0.29, 0.717) is 12.2 Å². The molecule has 22 heavy (non-hydrogen) atoms. The smallest absolute Gasteiger partial charge is 0.311 e. The largest absolute Gasteiger partial charge is 0.469 e. The second-order valence-electron chi connectivity index (χ2n) is 7.49. The summed E-state index contributed by atoms with van der Waals surface area (Å²) in [7, 11) is 1.44. The van der Waals surface area contributed by atoms with E-state index < -0.39 is 5.41 Å². The molecule has 0 heterocycles. The lowest BCUT2D eigenvalue weighted by Gasteiger charge is -2.52. The predicted molar refractivity (Wildman–Crippen MR) is 84.4 cm³/mol. The van der Waals surface area contributed by atoms with Crippen molar-refractivity contribution < 1.29 is 14.3 Å². The fourth-order valence-corrected chi connectivity index (χ4v) is 4.96. The van der Waals surface area contributed by atoms with Gasteiger partial charge >= 0.3 is 5.97 Å². The molecule has 4 unspecified atom stereocenters. The zero-order valence-electron chi connectivity index (χ0n) is 13.6. The Morgan fingerprint density at radius 1 is 1.18 bits per heavy atom. The molecule has 1 aromatic rings. The normalized spacial score (nSPS) is 37.7. The van der Waals surface area contributed by atoms with Gasteiger partial charge in [-0.15, -0.1) is 0 Å². The first-order valence-electron chi connectivity index (χ1n) is 8.08. The van der Waals surface area contributed by atoms with E-state index in [-0.39, 0.29) is 23.2 Å². The van der Waals surface area contributed by atoms with Gasteiger partial charge in [0, 0.05) is 11.8 Å². The zero-order chi connectivity index (χ0) is 16.0. The minimum absolute atomic E-state index is 0.0261. The number of ether oxygens (including phenoxy) is 1. The van der Waals surface area contributed by atoms with E-state index in [4.69, 9.17) is 4.74 Å². The second kappa shape index (κ2) is 5.22. The number of esters is 1. The second-order valence-corrected chi connectivity index (χ2v) is 7.49. The van der Waals surface area contributed by atoms with Crippen LogP contribution in [0.25, 0.3) is 0 Å². The summed E-state index contributed by atoms with van der Waals surface area (Å²) in [5.41, 5.74) is 0.609. The lowest BCUT2D eigenvalue weighted by atomic mass is 9.50. The number of carbonyl (C=O) groups is 2. The average Bonchev–Trinajstić information content (AvgIpc) is 2.52. The van der Waals surface area contributed by atoms with Gasteiger partial charge in [-0.3, -0.25) is 9.59 Å². The maximum absolute atomic E-state index is 12.6. The predicted octanol–water partition coefficient (Wildman–Crippen LogP) is 3.51. The average molecular weight is 300 g/mol. The lowest BCUT2D eigenvalue weighted by molar-refractivity contribution is -0.160. The first-order valence-corrected chi connectivity index (χ1v) is 8.08. The van der Waals surface area contributed by atoms with Crippen LogP contribution in [0.3, 0.4) is 0 Å². The number of methoxy groups -OCH3 is 1. The molecule has 0 saturated heterocycles. The summed E-state index contributed by atoms with van der Waals surface area (Å²) >= 11 is 0. The van der Waals surface area contributed by atoms with Crippen molar-refractivity contribution in [1.82, 2.24) is 0 Å². The van der Waals surface area contributed by atoms with Crippen molar-refractivity contribution in [2.24, 2.45) is 17.3 Å². The Labute approximate surface area is 132 Å². The molecule has 0 spiro atoms. The van der Waals surface area contributed by atoms with Gasteiger partial charge in [0.15, 0.2) is 0 Å². The van der Waals surface area contributed by atoms with Crippen molar-refractivity contribution in [2.75, 3.05) is 7.11 Å². The van der Waals surface area contributed by atoms with Gasteiger partial charge in [-0.2, -0.15) is 0 Å². The first-order chi connectivity index (χ1) is 10.4. The third kappa shape index (κ3) is 2.27. The van der Waals surface area contributed by atoms with Gasteiger partial charge in [0.25, 0.3) is 0 Å². The Kier molecular flexibility index (Phi) is 3.62. The van der Waals surface area contributed by atoms with Gasteiger partial charge < -0.3 is 4.74 Å². The van der Waals surface area contributed by atoms with E-state index in [2.05, 4.69) is 12.1 Å². The van der Waals surface area contributed by atoms with Gasteiger partial charge in [-0.1, -0.05) is 37.3 Å². The quantitative estimate of drug-likeness (QED) is 0.785. The Morgan fingerprint density at radius 3 is 2.50 bits per heavy atom. The number of hydrogen-bond acceptors (Lipinski definition) is 3. The fourth-order valence-electron chi connectivity index (χ4n) is 4.96. The summed E-state index contributed by atoms with van der Waals surface area (Å²) in [5.74, 6) is 0.184. The molecule has 3 nitrogen and oxygen atoms in total. The van der Waals surface area contributed by atoms with Crippen LogP contribution < -0.4 is 0 Å². The van der Waals surface area contributed by atoms with Crippen molar-refractivity contribution >= 4 is 11.8 Å². The molecule has 0 amide bonds. The van der Waals surface area contributed by atoms with Crippen LogP contribution in [0, 0.1) is 17.3 Å². The first kappa shape index (κ1) is 15.3. The molecule has 4 atom stereocenters. The van der Waals surface area contributed by atoms with Gasteiger partial charge in [-0.05, 0) is 43.6 Å². The summed E-state index contributed by atoms with van der Waals surface area (Å²) in [6.45, 7) is 4.00. The van der Waals surface area contributed by atoms with Gasteiger partial charge in [0.2, 0.25) is 0 Å². The summed E-state index contributed by atoms with van der Waals surface area (Å²) < 4.78 is 5.05. The summed E-state index contributed by atoms with van der Waals surface area (Å²) in [6, 6.07) is 10.4. The molecule has 0 radical (unpaired) electrons. The Bertz CT molecular complexity index is 588. The Hall–Kier alpha value is -1.64. The molecule has 3 heteroatoms. The number of rotatable bonds is 2. The summed E-state index contributed by atoms with van der Waals surface area (Å²) in [6.07, 6.45) is 3.09. The van der Waals surface area contributed by atoms with Crippen LogP contribution in [0.4, 0.5) is 0 Å². The fraction of sp³-hybridized carbons (Fsp3) is 0.579. The van der Waals surface area contributed by atoms with E-state index in [1.54, 1.807) is 0 Å². The molecular weight excluding hydrogens is 276 g/mol. The van der Waals surface area contributed by atoms with E-state index in [0.717, 1.165) is 19.3 Å². The lowest BCUT2D eigenvalue weighted by Crippen LogP contribution is -2.53. The molecule has 118 valence electrons. The zero-order valence-corrected chi connectivity index (χ0v) is 13.6. The number of benzene rings is 1. The molecule has 2 fully saturated rings. The third-order valence-electron chi connectivity index (χ3n) is 5.71. The van der Waals surface area contributed by atoms with Crippen molar-refractivity contribution in [3.05, 3.63) is 35.9 Å². The van der Waals surface area contributed by atoms with Crippen LogP contribution in [0.1, 0.15) is 45.1 Å². The molecule has 1 aromatic carbocycles. The Morgan fingerprint density at radius 2 is 1.86 bits per heavy atom. The number of Topliss-reactive ketones (excluding diaryl/α,β-unsaturated/α-hetero) is 1. The molecule has 2 aliphatic carbocycles. The molecule has 2 saturated carbocycles. The van der Waals surface area contributed by atoms with E-state index in [1.165, 1.54) is 12.7 Å². The Balaban J connectivity index is 2.06. The highest BCUT2D eigenvalue weighted by Gasteiger charge is 2.56. The minimum Gasteiger partial charge on any atom is -0.469 e. The van der Waals surface area contributed by atoms with Crippen LogP contribution >= 0.6 is 0 Å². The monoisotopic (exact) mass is 300 g/mol. The number of fused-ring (bicyclic) bond motifs is 2. The van der Waals surface area contributed by atoms with Gasteiger partial charge in [0.1, 0.15) is 5.78 Å². The summed E-state index contributed by atoms with van der Waals surface area (Å²) in [5, 5.41) is 0. The molecule has 3 rings (SSSR count). The van der Waals surface area contributed by atoms with Crippen LogP contribution in [-0.2, 0) is 19.7 Å². The van der Waals surface area contributed by atoms with E-state index in [1.807, 2.05) is 32.0 Å². The van der Waals surface area contributed by atoms with E-state index >= 15 is 0 Å². The third-order valence-corrected chi connectivity index (χ3v) is 5.71. The molecule has 2 bridgehead atoms. The highest BCUT2D eigenvalue weighted by molar-refractivity contribution is 5.87. The maximum Gasteiger partial charge on any atom is 0.311 e. The standard InChI is InChI=1S/C19H24O3/c1-13-9-19(15-7-5-4-6-8-15)11-14(16(13)20)10-18(2,12-19)17(21)22-3/h4-8,13-14H,9-12H2,1-3H3. The van der Waals surface area contributed by atoms with E-state index in [9.17, 15) is 9.59 Å². The van der Waals surface area contributed by atoms with Crippen LogP contribution in [0.2, 0.25) is 0 Å². The number of ketones is 1. The van der Waals surface area contributed by atoms with Crippen LogP contribution in [-0.4, -0.2) is 18.9 Å².